The molecule has 0 bridgehead atoms. The number of nitrogens with zero attached hydrogens (tertiary/aromatic N) is 2. The lowest BCUT2D eigenvalue weighted by molar-refractivity contribution is -0.143. The Morgan fingerprint density at radius 2 is 1.70 bits per heavy atom. The molecule has 0 aliphatic carbocycles. The van der Waals surface area contributed by atoms with Crippen molar-refractivity contribution in [2.45, 2.75) is 91.1 Å². The molecule has 46 heavy (non-hydrogen) atoms. The van der Waals surface area contributed by atoms with Crippen LogP contribution in [0.25, 0.3) is 10.9 Å². The zero-order chi connectivity index (χ0) is 32.5. The summed E-state index contributed by atoms with van der Waals surface area (Å²) in [5.74, 6) is 0.386. The zero-order valence-electron chi connectivity index (χ0n) is 27.4. The van der Waals surface area contributed by atoms with Gasteiger partial charge >= 0.3 is 5.97 Å². The Hall–Kier alpha value is -4.39. The average molecular weight is 623 g/mol. The quantitative estimate of drug-likeness (QED) is 0.0712. The van der Waals surface area contributed by atoms with Crippen LogP contribution < -0.4 is 9.64 Å². The summed E-state index contributed by atoms with van der Waals surface area (Å²) in [6.07, 6.45) is 9.33. The summed E-state index contributed by atoms with van der Waals surface area (Å²) >= 11 is 0. The van der Waals surface area contributed by atoms with E-state index in [1.54, 1.807) is 6.92 Å². The smallest absolute Gasteiger partial charge is 0.305 e. The number of Topliss-reactive ketones (excluding diaryl/α,β-unsaturated/α-hetero) is 1. The fourth-order valence-corrected chi connectivity index (χ4v) is 6.46. The van der Waals surface area contributed by atoms with Gasteiger partial charge in [-0.1, -0.05) is 88.1 Å². The third kappa shape index (κ3) is 7.69. The number of benzene rings is 3. The predicted octanol–water partition coefficient (Wildman–Crippen LogP) is 8.41. The number of fused-ring (bicyclic) bond motifs is 2. The minimum Gasteiger partial charge on any atom is -0.482 e. The van der Waals surface area contributed by atoms with E-state index in [4.69, 9.17) is 9.47 Å². The van der Waals surface area contributed by atoms with Gasteiger partial charge < -0.3 is 14.0 Å². The normalized spacial score (nSPS) is 13.4. The number of hydrogen-bond acceptors (Lipinski definition) is 5. The highest BCUT2D eigenvalue weighted by Crippen LogP contribution is 2.40. The molecule has 0 N–H and O–H groups in total. The summed E-state index contributed by atoms with van der Waals surface area (Å²) in [5, 5.41) is 0.898. The molecule has 0 fully saturated rings. The van der Waals surface area contributed by atoms with Gasteiger partial charge in [-0.25, -0.2) is 0 Å². The maximum Gasteiger partial charge on any atom is 0.305 e. The molecule has 5 rings (SSSR count). The molecule has 0 spiro atoms. The lowest BCUT2D eigenvalue weighted by Crippen LogP contribution is -2.41. The topological polar surface area (TPSA) is 77.8 Å². The molecule has 4 aromatic rings. The molecular weight excluding hydrogens is 576 g/mol. The van der Waals surface area contributed by atoms with Gasteiger partial charge in [-0.2, -0.15) is 0 Å². The molecule has 1 amide bonds. The number of carbonyl (C=O) groups is 3. The lowest BCUT2D eigenvalue weighted by atomic mass is 9.95. The fourth-order valence-electron chi connectivity index (χ4n) is 6.46. The highest BCUT2D eigenvalue weighted by molar-refractivity contribution is 6.09. The number of amides is 1. The second-order valence-corrected chi connectivity index (χ2v) is 12.1. The van der Waals surface area contributed by atoms with Crippen molar-refractivity contribution in [3.8, 4) is 5.75 Å². The Morgan fingerprint density at radius 3 is 2.46 bits per heavy atom. The molecule has 7 nitrogen and oxygen atoms in total. The zero-order valence-corrected chi connectivity index (χ0v) is 27.4. The lowest BCUT2D eigenvalue weighted by Gasteiger charge is -2.36. The minimum atomic E-state index is -0.206. The maximum atomic E-state index is 13.7. The number of anilines is 1. The molecule has 7 heteroatoms. The number of para-hydroxylation sites is 1. The average Bonchev–Trinajstić information content (AvgIpc) is 3.43. The molecule has 2 heterocycles. The Balaban J connectivity index is 1.37. The van der Waals surface area contributed by atoms with E-state index in [1.807, 2.05) is 53.6 Å². The number of rotatable bonds is 16. The number of ketones is 1. The molecule has 1 unspecified atom stereocenters. The summed E-state index contributed by atoms with van der Waals surface area (Å²) in [6, 6.07) is 22.3. The maximum absolute atomic E-state index is 13.7. The highest BCUT2D eigenvalue weighted by Gasteiger charge is 2.33. The van der Waals surface area contributed by atoms with Crippen molar-refractivity contribution in [1.82, 2.24) is 4.57 Å². The van der Waals surface area contributed by atoms with E-state index < -0.39 is 0 Å². The van der Waals surface area contributed by atoms with Crippen molar-refractivity contribution < 1.29 is 23.9 Å². The van der Waals surface area contributed by atoms with Gasteiger partial charge in [0.25, 0.3) is 5.91 Å². The monoisotopic (exact) mass is 622 g/mol. The molecule has 1 aliphatic heterocycles. The SMILES string of the molecule is CCCCCC(c1ccc(CCC)cc1)N1C(=O)COc2cc(CC(=O)c3cn(CCCC(=O)OCC)c4ccccc34)ccc21. The predicted molar refractivity (Wildman–Crippen MR) is 183 cm³/mol. The van der Waals surface area contributed by atoms with E-state index in [0.29, 0.717) is 37.3 Å². The molecular formula is C39H46N2O5. The minimum absolute atomic E-state index is 0.00801. The first kappa shape index (κ1) is 33.0. The van der Waals surface area contributed by atoms with Crippen molar-refractivity contribution in [1.29, 1.82) is 0 Å². The van der Waals surface area contributed by atoms with Gasteiger partial charge in [0.15, 0.2) is 12.4 Å². The second-order valence-electron chi connectivity index (χ2n) is 12.1. The van der Waals surface area contributed by atoms with Gasteiger partial charge in [0.1, 0.15) is 5.75 Å². The third-order valence-corrected chi connectivity index (χ3v) is 8.74. The van der Waals surface area contributed by atoms with Crippen LogP contribution in [0.3, 0.4) is 0 Å². The van der Waals surface area contributed by atoms with Crippen molar-refractivity contribution in [2.24, 2.45) is 0 Å². The first-order valence-corrected chi connectivity index (χ1v) is 16.9. The number of esters is 1. The van der Waals surface area contributed by atoms with Crippen LogP contribution in [0.4, 0.5) is 5.69 Å². The summed E-state index contributed by atoms with van der Waals surface area (Å²) in [5.41, 5.74) is 5.66. The standard InChI is InChI=1S/C39H46N2O5/c1-4-7-8-14-33(30-20-17-28(12-5-2)18-21-30)41-35-22-19-29(25-37(35)46-27-38(41)43)24-36(42)32-26-40(23-11-16-39(44)45-6-3)34-15-10-9-13-31(32)34/h9-10,13,15,17-22,25-26,33H,4-8,11-12,14,16,23-24,27H2,1-3H3. The number of unbranched alkanes of at least 4 members (excludes halogenated alkanes) is 2. The molecule has 1 atom stereocenters. The van der Waals surface area contributed by atoms with Crippen LogP contribution in [0.15, 0.2) is 72.9 Å². The first-order valence-electron chi connectivity index (χ1n) is 16.9. The third-order valence-electron chi connectivity index (χ3n) is 8.74. The number of carbonyl (C=O) groups excluding carboxylic acids is 3. The van der Waals surface area contributed by atoms with Crippen LogP contribution in [0.2, 0.25) is 0 Å². The summed E-state index contributed by atoms with van der Waals surface area (Å²) in [7, 11) is 0. The van der Waals surface area contributed by atoms with Gasteiger partial charge in [0.05, 0.1) is 18.3 Å². The van der Waals surface area contributed by atoms with Crippen LogP contribution in [-0.2, 0) is 33.7 Å². The van der Waals surface area contributed by atoms with Gasteiger partial charge in [-0.3, -0.25) is 19.3 Å². The van der Waals surface area contributed by atoms with Crippen molar-refractivity contribution >= 4 is 34.3 Å². The van der Waals surface area contributed by atoms with Crippen LogP contribution in [0.1, 0.15) is 98.8 Å². The van der Waals surface area contributed by atoms with Gasteiger partial charge in [0.2, 0.25) is 0 Å². The van der Waals surface area contributed by atoms with Gasteiger partial charge in [-0.15, -0.1) is 0 Å². The van der Waals surface area contributed by atoms with E-state index in [1.165, 1.54) is 5.56 Å². The molecule has 3 aromatic carbocycles. The van der Waals surface area contributed by atoms with E-state index in [-0.39, 0.29) is 36.7 Å². The van der Waals surface area contributed by atoms with Crippen LogP contribution >= 0.6 is 0 Å². The van der Waals surface area contributed by atoms with Crippen LogP contribution in [0, 0.1) is 0 Å². The largest absolute Gasteiger partial charge is 0.482 e. The first-order chi connectivity index (χ1) is 22.4. The molecule has 0 saturated carbocycles. The highest BCUT2D eigenvalue weighted by atomic mass is 16.5. The van der Waals surface area contributed by atoms with Gasteiger partial charge in [0, 0.05) is 42.0 Å². The van der Waals surface area contributed by atoms with E-state index in [2.05, 4.69) is 42.7 Å². The van der Waals surface area contributed by atoms with E-state index in [0.717, 1.165) is 66.2 Å². The summed E-state index contributed by atoms with van der Waals surface area (Å²) < 4.78 is 13.1. The Labute approximate surface area is 272 Å². The molecule has 1 aliphatic rings. The number of ether oxygens (including phenoxy) is 2. The molecule has 242 valence electrons. The van der Waals surface area contributed by atoms with Crippen molar-refractivity contribution in [3.63, 3.8) is 0 Å². The number of aryl methyl sites for hydroxylation is 2. The van der Waals surface area contributed by atoms with Crippen LogP contribution in [-0.4, -0.2) is 35.4 Å². The van der Waals surface area contributed by atoms with Crippen molar-refractivity contribution in [3.05, 3.63) is 95.2 Å². The number of hydrogen-bond donors (Lipinski definition) is 0. The molecule has 0 saturated heterocycles. The molecule has 1 aromatic heterocycles. The Bertz CT molecular complexity index is 1650. The fraction of sp³-hybridized carbons (Fsp3) is 0.410. The van der Waals surface area contributed by atoms with E-state index in [9.17, 15) is 14.4 Å². The Morgan fingerprint density at radius 1 is 0.913 bits per heavy atom. The summed E-state index contributed by atoms with van der Waals surface area (Å²) in [6.45, 7) is 7.14. The number of aromatic nitrogens is 1. The second kappa shape index (κ2) is 15.7. The summed E-state index contributed by atoms with van der Waals surface area (Å²) in [4.78, 5) is 40.9. The Kier molecular flexibility index (Phi) is 11.3. The van der Waals surface area contributed by atoms with Crippen molar-refractivity contribution in [2.75, 3.05) is 18.1 Å². The van der Waals surface area contributed by atoms with Crippen LogP contribution in [0.5, 0.6) is 5.75 Å². The van der Waals surface area contributed by atoms with E-state index >= 15 is 0 Å². The molecule has 0 radical (unpaired) electrons. The van der Waals surface area contributed by atoms with Gasteiger partial charge in [-0.05, 0) is 61.1 Å².